The van der Waals surface area contributed by atoms with Crippen molar-refractivity contribution < 1.29 is 0 Å². The molecule has 1 aromatic heterocycles. The summed E-state index contributed by atoms with van der Waals surface area (Å²) in [5.41, 5.74) is 8.64. The molecule has 1 aliphatic rings. The molecule has 108 valence electrons. The average Bonchev–Trinajstić information content (AvgIpc) is 2.53. The standard InChI is InChI=1S/C15H26ClN3/c1-4-12-14(16)13(19(3)18-12)10-15(17)8-5-6-11(2)7-9-15/h11H,4-10,17H2,1-3H3. The van der Waals surface area contributed by atoms with Gasteiger partial charge in [0, 0.05) is 19.0 Å². The van der Waals surface area contributed by atoms with Gasteiger partial charge in [-0.3, -0.25) is 4.68 Å². The summed E-state index contributed by atoms with van der Waals surface area (Å²) in [4.78, 5) is 0. The van der Waals surface area contributed by atoms with E-state index in [0.717, 1.165) is 48.0 Å². The smallest absolute Gasteiger partial charge is 0.0850 e. The SMILES string of the molecule is CCc1nn(C)c(CC2(N)CCCC(C)CC2)c1Cl. The van der Waals surface area contributed by atoms with Crippen molar-refractivity contribution in [3.63, 3.8) is 0 Å². The first-order valence-corrected chi connectivity index (χ1v) is 7.82. The van der Waals surface area contributed by atoms with E-state index in [1.165, 1.54) is 19.3 Å². The Balaban J connectivity index is 2.17. The van der Waals surface area contributed by atoms with Gasteiger partial charge in [0.15, 0.2) is 0 Å². The zero-order valence-corrected chi connectivity index (χ0v) is 13.1. The molecule has 2 N–H and O–H groups in total. The summed E-state index contributed by atoms with van der Waals surface area (Å²) in [7, 11) is 1.98. The quantitative estimate of drug-likeness (QED) is 0.863. The maximum atomic E-state index is 6.64. The minimum Gasteiger partial charge on any atom is -0.325 e. The van der Waals surface area contributed by atoms with E-state index in [4.69, 9.17) is 17.3 Å². The monoisotopic (exact) mass is 283 g/mol. The maximum absolute atomic E-state index is 6.64. The van der Waals surface area contributed by atoms with Gasteiger partial charge in [0.25, 0.3) is 0 Å². The van der Waals surface area contributed by atoms with Gasteiger partial charge in [0.1, 0.15) is 0 Å². The summed E-state index contributed by atoms with van der Waals surface area (Å²) in [6, 6.07) is 0. The Labute approximate surface area is 121 Å². The third kappa shape index (κ3) is 3.32. The van der Waals surface area contributed by atoms with Crippen LogP contribution >= 0.6 is 11.6 Å². The Morgan fingerprint density at radius 2 is 2.16 bits per heavy atom. The zero-order valence-electron chi connectivity index (χ0n) is 12.4. The second-order valence-electron chi connectivity index (χ2n) is 6.26. The van der Waals surface area contributed by atoms with Crippen molar-refractivity contribution in [2.45, 2.75) is 64.3 Å². The van der Waals surface area contributed by atoms with Crippen molar-refractivity contribution in [1.82, 2.24) is 9.78 Å². The Kier molecular flexibility index (Phi) is 4.57. The first-order chi connectivity index (χ1) is 8.95. The Bertz CT molecular complexity index is 441. The molecule has 4 heteroatoms. The van der Waals surface area contributed by atoms with Crippen LogP contribution in [0.3, 0.4) is 0 Å². The lowest BCUT2D eigenvalue weighted by Crippen LogP contribution is -2.42. The van der Waals surface area contributed by atoms with Gasteiger partial charge < -0.3 is 5.73 Å². The van der Waals surface area contributed by atoms with Crippen molar-refractivity contribution in [2.75, 3.05) is 0 Å². The molecule has 0 bridgehead atoms. The summed E-state index contributed by atoms with van der Waals surface area (Å²) in [6.45, 7) is 4.42. The fraction of sp³-hybridized carbons (Fsp3) is 0.800. The number of aromatic nitrogens is 2. The fourth-order valence-electron chi connectivity index (χ4n) is 3.13. The first kappa shape index (κ1) is 14.9. The number of rotatable bonds is 3. The van der Waals surface area contributed by atoms with Crippen LogP contribution in [-0.2, 0) is 19.9 Å². The fourth-order valence-corrected chi connectivity index (χ4v) is 3.49. The van der Waals surface area contributed by atoms with Crippen LogP contribution in [0, 0.1) is 5.92 Å². The summed E-state index contributed by atoms with van der Waals surface area (Å²) in [5.74, 6) is 0.804. The average molecular weight is 284 g/mol. The second-order valence-corrected chi connectivity index (χ2v) is 6.64. The summed E-state index contributed by atoms with van der Waals surface area (Å²) >= 11 is 6.44. The number of aryl methyl sites for hydroxylation is 2. The zero-order chi connectivity index (χ0) is 14.0. The molecule has 0 aromatic carbocycles. The Morgan fingerprint density at radius 1 is 1.42 bits per heavy atom. The molecular weight excluding hydrogens is 258 g/mol. The molecule has 1 aliphatic carbocycles. The van der Waals surface area contributed by atoms with Crippen LogP contribution in [0.1, 0.15) is 57.3 Å². The van der Waals surface area contributed by atoms with Crippen molar-refractivity contribution in [2.24, 2.45) is 18.7 Å². The molecule has 3 nitrogen and oxygen atoms in total. The van der Waals surface area contributed by atoms with Gasteiger partial charge >= 0.3 is 0 Å². The van der Waals surface area contributed by atoms with E-state index in [1.807, 2.05) is 11.7 Å². The predicted octanol–water partition coefficient (Wildman–Crippen LogP) is 3.48. The van der Waals surface area contributed by atoms with E-state index in [1.54, 1.807) is 0 Å². The Hall–Kier alpha value is -0.540. The van der Waals surface area contributed by atoms with Gasteiger partial charge in [-0.25, -0.2) is 0 Å². The molecule has 2 rings (SSSR count). The van der Waals surface area contributed by atoms with E-state index in [-0.39, 0.29) is 5.54 Å². The molecule has 0 saturated heterocycles. The molecule has 2 atom stereocenters. The molecule has 1 aromatic rings. The van der Waals surface area contributed by atoms with E-state index in [9.17, 15) is 0 Å². The van der Waals surface area contributed by atoms with Crippen LogP contribution in [0.15, 0.2) is 0 Å². The van der Waals surface area contributed by atoms with Gasteiger partial charge in [-0.05, 0) is 31.6 Å². The van der Waals surface area contributed by atoms with E-state index in [2.05, 4.69) is 18.9 Å². The molecule has 0 radical (unpaired) electrons. The third-order valence-electron chi connectivity index (χ3n) is 4.53. The lowest BCUT2D eigenvalue weighted by molar-refractivity contribution is 0.355. The first-order valence-electron chi connectivity index (χ1n) is 7.44. The molecule has 2 unspecified atom stereocenters. The summed E-state index contributed by atoms with van der Waals surface area (Å²) in [5, 5.41) is 5.32. The van der Waals surface area contributed by atoms with Crippen LogP contribution in [0.2, 0.25) is 5.02 Å². The van der Waals surface area contributed by atoms with Crippen molar-refractivity contribution in [1.29, 1.82) is 0 Å². The van der Waals surface area contributed by atoms with Gasteiger partial charge in [-0.2, -0.15) is 5.10 Å². The van der Waals surface area contributed by atoms with Crippen LogP contribution in [0.25, 0.3) is 0 Å². The molecule has 0 amide bonds. The minimum absolute atomic E-state index is 0.104. The molecule has 1 heterocycles. The lowest BCUT2D eigenvalue weighted by Gasteiger charge is -2.28. The highest BCUT2D eigenvalue weighted by atomic mass is 35.5. The van der Waals surface area contributed by atoms with E-state index >= 15 is 0 Å². The molecular formula is C15H26ClN3. The Morgan fingerprint density at radius 3 is 2.79 bits per heavy atom. The topological polar surface area (TPSA) is 43.8 Å². The number of nitrogens with zero attached hydrogens (tertiary/aromatic N) is 2. The third-order valence-corrected chi connectivity index (χ3v) is 4.97. The number of halogens is 1. The lowest BCUT2D eigenvalue weighted by atomic mass is 9.86. The van der Waals surface area contributed by atoms with Gasteiger partial charge in [-0.1, -0.05) is 38.3 Å². The number of hydrogen-bond donors (Lipinski definition) is 1. The van der Waals surface area contributed by atoms with Crippen LogP contribution < -0.4 is 5.73 Å². The van der Waals surface area contributed by atoms with Crippen LogP contribution in [0.5, 0.6) is 0 Å². The minimum atomic E-state index is -0.104. The molecule has 0 spiro atoms. The van der Waals surface area contributed by atoms with Crippen molar-refractivity contribution >= 4 is 11.6 Å². The number of nitrogens with two attached hydrogens (primary N) is 1. The number of hydrogen-bond acceptors (Lipinski definition) is 2. The molecule has 1 fully saturated rings. The summed E-state index contributed by atoms with van der Waals surface area (Å²) in [6.07, 6.45) is 7.68. The summed E-state index contributed by atoms with van der Waals surface area (Å²) < 4.78 is 1.92. The van der Waals surface area contributed by atoms with Crippen molar-refractivity contribution in [3.8, 4) is 0 Å². The molecule has 1 saturated carbocycles. The molecule has 19 heavy (non-hydrogen) atoms. The highest BCUT2D eigenvalue weighted by Gasteiger charge is 2.31. The van der Waals surface area contributed by atoms with E-state index in [0.29, 0.717) is 0 Å². The highest BCUT2D eigenvalue weighted by Crippen LogP contribution is 2.33. The highest BCUT2D eigenvalue weighted by molar-refractivity contribution is 6.31. The predicted molar refractivity (Wildman–Crippen MR) is 80.5 cm³/mol. The van der Waals surface area contributed by atoms with Crippen LogP contribution in [-0.4, -0.2) is 15.3 Å². The normalized spacial score (nSPS) is 28.4. The van der Waals surface area contributed by atoms with Crippen molar-refractivity contribution in [3.05, 3.63) is 16.4 Å². The second kappa shape index (κ2) is 5.84. The largest absolute Gasteiger partial charge is 0.325 e. The maximum Gasteiger partial charge on any atom is 0.0850 e. The molecule has 0 aliphatic heterocycles. The van der Waals surface area contributed by atoms with Gasteiger partial charge in [-0.15, -0.1) is 0 Å². The van der Waals surface area contributed by atoms with Gasteiger partial charge in [0.2, 0.25) is 0 Å². The van der Waals surface area contributed by atoms with E-state index < -0.39 is 0 Å². The van der Waals surface area contributed by atoms with Gasteiger partial charge in [0.05, 0.1) is 16.4 Å². The van der Waals surface area contributed by atoms with Crippen LogP contribution in [0.4, 0.5) is 0 Å².